The molecule has 6 aromatic rings. The Morgan fingerprint density at radius 1 is 0.878 bits per heavy atom. The molecule has 208 valence electrons. The van der Waals surface area contributed by atoms with Gasteiger partial charge in [0.2, 0.25) is 0 Å². The molecule has 1 saturated heterocycles. The number of para-hydroxylation sites is 2. The van der Waals surface area contributed by atoms with Crippen molar-refractivity contribution in [1.82, 2.24) is 34.1 Å². The van der Waals surface area contributed by atoms with Gasteiger partial charge in [0.1, 0.15) is 22.9 Å². The first-order valence-corrected chi connectivity index (χ1v) is 14.7. The molecule has 0 radical (unpaired) electrons. The van der Waals surface area contributed by atoms with Gasteiger partial charge in [0, 0.05) is 56.1 Å². The highest BCUT2D eigenvalue weighted by Gasteiger charge is 2.27. The lowest BCUT2D eigenvalue weighted by atomic mass is 9.96. The van der Waals surface area contributed by atoms with E-state index >= 15 is 0 Å². The van der Waals surface area contributed by atoms with E-state index in [1.165, 1.54) is 10.9 Å². The smallest absolute Gasteiger partial charge is 0.155 e. The maximum absolute atomic E-state index is 6.76. The number of halogens is 1. The van der Waals surface area contributed by atoms with Crippen LogP contribution in [0.3, 0.4) is 0 Å². The molecule has 8 heteroatoms. The molecule has 0 aliphatic carbocycles. The summed E-state index contributed by atoms with van der Waals surface area (Å²) >= 11 is 6.76. The Bertz CT molecular complexity index is 1840. The average molecular weight is 564 g/mol. The van der Waals surface area contributed by atoms with Crippen LogP contribution in [-0.4, -0.2) is 65.9 Å². The summed E-state index contributed by atoms with van der Waals surface area (Å²) in [4.78, 5) is 23.0. The zero-order chi connectivity index (χ0) is 28.1. The Balaban J connectivity index is 1.26. The molecule has 7 nitrogen and oxygen atoms in total. The normalized spacial score (nSPS) is 15.4. The molecule has 1 aliphatic heterocycles. The summed E-state index contributed by atoms with van der Waals surface area (Å²) < 4.78 is 2.12. The van der Waals surface area contributed by atoms with Gasteiger partial charge in [-0.1, -0.05) is 60.1 Å². The van der Waals surface area contributed by atoms with Crippen molar-refractivity contribution in [1.29, 1.82) is 0 Å². The maximum atomic E-state index is 6.76. The van der Waals surface area contributed by atoms with E-state index in [4.69, 9.17) is 21.6 Å². The summed E-state index contributed by atoms with van der Waals surface area (Å²) in [5, 5.41) is 2.80. The Kier molecular flexibility index (Phi) is 6.53. The molecule has 41 heavy (non-hydrogen) atoms. The summed E-state index contributed by atoms with van der Waals surface area (Å²) in [6, 6.07) is 21.1. The fraction of sp³-hybridized carbons (Fsp3) is 0.303. The molecule has 4 heterocycles. The molecule has 0 amide bonds. The summed E-state index contributed by atoms with van der Waals surface area (Å²) in [6.45, 7) is 11.8. The first-order chi connectivity index (χ1) is 19.8. The predicted molar refractivity (Wildman–Crippen MR) is 166 cm³/mol. The average Bonchev–Trinajstić information content (AvgIpc) is 3.55. The van der Waals surface area contributed by atoms with Crippen LogP contribution in [0.25, 0.3) is 38.6 Å². The van der Waals surface area contributed by atoms with Gasteiger partial charge in [-0.15, -0.1) is 0 Å². The highest BCUT2D eigenvalue weighted by molar-refractivity contribution is 6.33. The van der Waals surface area contributed by atoms with Crippen molar-refractivity contribution >= 4 is 38.9 Å². The minimum Gasteiger partial charge on any atom is -0.342 e. The molecule has 1 fully saturated rings. The number of hydrogen-bond acceptors (Lipinski definition) is 5. The summed E-state index contributed by atoms with van der Waals surface area (Å²) in [6.07, 6.45) is 4.46. The van der Waals surface area contributed by atoms with Crippen LogP contribution in [0.2, 0.25) is 5.15 Å². The maximum Gasteiger partial charge on any atom is 0.155 e. The Hall–Kier alpha value is -3.78. The van der Waals surface area contributed by atoms with E-state index in [2.05, 4.69) is 87.4 Å². The highest BCUT2D eigenvalue weighted by atomic mass is 35.5. The van der Waals surface area contributed by atoms with Gasteiger partial charge in [-0.2, -0.15) is 0 Å². The van der Waals surface area contributed by atoms with Crippen LogP contribution in [-0.2, 0) is 13.0 Å². The van der Waals surface area contributed by atoms with Crippen LogP contribution in [0, 0.1) is 0 Å². The predicted octanol–water partition coefficient (Wildman–Crippen LogP) is 6.59. The minimum absolute atomic E-state index is 0.191. The van der Waals surface area contributed by atoms with Gasteiger partial charge in [0.05, 0.1) is 17.6 Å². The number of aromatic amines is 1. The van der Waals surface area contributed by atoms with Crippen molar-refractivity contribution in [3.8, 4) is 11.3 Å². The van der Waals surface area contributed by atoms with Crippen LogP contribution >= 0.6 is 11.6 Å². The van der Waals surface area contributed by atoms with Crippen molar-refractivity contribution in [3.05, 3.63) is 95.4 Å². The van der Waals surface area contributed by atoms with Crippen LogP contribution in [0.15, 0.2) is 73.1 Å². The zero-order valence-corrected chi connectivity index (χ0v) is 24.5. The number of aromatic nitrogens is 5. The number of hydrogen-bond donors (Lipinski definition) is 1. The summed E-state index contributed by atoms with van der Waals surface area (Å²) in [5.41, 5.74) is 6.24. The van der Waals surface area contributed by atoms with Crippen molar-refractivity contribution < 1.29 is 0 Å². The first-order valence-electron chi connectivity index (χ1n) is 14.3. The van der Waals surface area contributed by atoms with E-state index in [9.17, 15) is 0 Å². The molecule has 0 bridgehead atoms. The molecule has 3 aromatic carbocycles. The number of rotatable bonds is 5. The molecule has 1 N–H and O–H groups in total. The quantitative estimate of drug-likeness (QED) is 0.256. The molecule has 3 aromatic heterocycles. The lowest BCUT2D eigenvalue weighted by Gasteiger charge is -2.42. The van der Waals surface area contributed by atoms with Crippen molar-refractivity contribution in [3.63, 3.8) is 0 Å². The van der Waals surface area contributed by atoms with E-state index in [-0.39, 0.29) is 5.54 Å². The number of fused-ring (bicyclic) bond motifs is 3. The molecule has 0 unspecified atom stereocenters. The molecule has 0 saturated carbocycles. The van der Waals surface area contributed by atoms with Gasteiger partial charge in [-0.25, -0.2) is 15.0 Å². The Labute approximate surface area is 244 Å². The van der Waals surface area contributed by atoms with Gasteiger partial charge in [0.25, 0.3) is 0 Å². The summed E-state index contributed by atoms with van der Waals surface area (Å²) in [5.74, 6) is 1.94. The zero-order valence-electron chi connectivity index (χ0n) is 23.7. The van der Waals surface area contributed by atoms with E-state index in [0.717, 1.165) is 77.6 Å². The van der Waals surface area contributed by atoms with Gasteiger partial charge < -0.3 is 4.98 Å². The minimum atomic E-state index is 0.191. The Morgan fingerprint density at radius 2 is 1.63 bits per heavy atom. The van der Waals surface area contributed by atoms with Crippen LogP contribution in [0.5, 0.6) is 0 Å². The molecule has 0 spiro atoms. The van der Waals surface area contributed by atoms with Crippen molar-refractivity contribution in [2.45, 2.75) is 39.3 Å². The standard InChI is InChI=1S/C33H34ClN7/c1-33(2,3)40-18-16-39(17-19-40)21-29-38-30(31-32(34)35-14-15-41(29)31)25-13-12-22(23-8-4-5-9-24(23)25)20-28-36-26-10-6-7-11-27(26)37-28/h4-15H,16-21H2,1-3H3,(H,36,37). The third kappa shape index (κ3) is 4.88. The monoisotopic (exact) mass is 563 g/mol. The van der Waals surface area contributed by atoms with Crippen LogP contribution in [0.4, 0.5) is 0 Å². The van der Waals surface area contributed by atoms with Gasteiger partial charge >= 0.3 is 0 Å². The number of piperazine rings is 1. The van der Waals surface area contributed by atoms with Gasteiger partial charge in [-0.05, 0) is 49.2 Å². The third-order valence-corrected chi connectivity index (χ3v) is 8.61. The molecule has 7 rings (SSSR count). The molecular weight excluding hydrogens is 530 g/mol. The molecule has 1 aliphatic rings. The Morgan fingerprint density at radius 3 is 2.41 bits per heavy atom. The van der Waals surface area contributed by atoms with E-state index in [0.29, 0.717) is 11.6 Å². The second-order valence-electron chi connectivity index (χ2n) is 11.9. The topological polar surface area (TPSA) is 65.4 Å². The number of imidazole rings is 2. The number of nitrogens with one attached hydrogen (secondary N) is 1. The van der Waals surface area contributed by atoms with Crippen molar-refractivity contribution in [2.24, 2.45) is 0 Å². The van der Waals surface area contributed by atoms with E-state index < -0.39 is 0 Å². The number of benzene rings is 3. The second-order valence-corrected chi connectivity index (χ2v) is 12.3. The van der Waals surface area contributed by atoms with Crippen LogP contribution in [0.1, 0.15) is 38.0 Å². The molecular formula is C33H34ClN7. The third-order valence-electron chi connectivity index (χ3n) is 8.33. The van der Waals surface area contributed by atoms with Gasteiger partial charge in [0.15, 0.2) is 5.15 Å². The lowest BCUT2D eigenvalue weighted by molar-refractivity contribution is 0.0579. The molecule has 0 atom stereocenters. The largest absolute Gasteiger partial charge is 0.342 e. The van der Waals surface area contributed by atoms with Crippen molar-refractivity contribution in [2.75, 3.05) is 26.2 Å². The summed E-state index contributed by atoms with van der Waals surface area (Å²) in [7, 11) is 0. The van der Waals surface area contributed by atoms with Gasteiger partial charge in [-0.3, -0.25) is 14.2 Å². The first kappa shape index (κ1) is 26.1. The fourth-order valence-electron chi connectivity index (χ4n) is 6.13. The number of nitrogens with zero attached hydrogens (tertiary/aromatic N) is 6. The lowest BCUT2D eigenvalue weighted by Crippen LogP contribution is -2.53. The number of H-pyrrole nitrogens is 1. The second kappa shape index (κ2) is 10.2. The highest BCUT2D eigenvalue weighted by Crippen LogP contribution is 2.36. The van der Waals surface area contributed by atoms with E-state index in [1.807, 2.05) is 24.4 Å². The van der Waals surface area contributed by atoms with Crippen LogP contribution < -0.4 is 0 Å². The fourth-order valence-corrected chi connectivity index (χ4v) is 6.37. The SMILES string of the molecule is CC(C)(C)N1CCN(Cc2nc(-c3ccc(Cc4nc5ccccc5[nH]4)c4ccccc34)c3c(Cl)nccn23)CC1. The van der Waals surface area contributed by atoms with E-state index in [1.54, 1.807) is 6.20 Å².